The lowest BCUT2D eigenvalue weighted by molar-refractivity contribution is 0.369. The molecule has 0 aliphatic rings. The highest BCUT2D eigenvalue weighted by Crippen LogP contribution is 2.16. The maximum Gasteiger partial charge on any atom is 0.0950 e. The van der Waals surface area contributed by atoms with Gasteiger partial charge in [-0.05, 0) is 32.3 Å². The molecule has 1 N–H and O–H groups in total. The van der Waals surface area contributed by atoms with Gasteiger partial charge in [0.1, 0.15) is 0 Å². The number of rotatable bonds is 6. The van der Waals surface area contributed by atoms with Crippen molar-refractivity contribution in [2.75, 3.05) is 0 Å². The topological polar surface area (TPSA) is 25.2 Å². The van der Waals surface area contributed by atoms with Gasteiger partial charge in [-0.3, -0.25) is 0 Å². The van der Waals surface area contributed by atoms with Crippen LogP contribution in [0, 0.1) is 5.92 Å². The molecule has 2 heteroatoms. The number of allylic oxidation sites excluding steroid dienone is 1. The van der Waals surface area contributed by atoms with Crippen LogP contribution >= 0.6 is 0 Å². The second-order valence-electron chi connectivity index (χ2n) is 4.24. The molecule has 0 spiro atoms. The largest absolute Gasteiger partial charge is 0.472 e. The van der Waals surface area contributed by atoms with Gasteiger partial charge in [0.25, 0.3) is 0 Å². The van der Waals surface area contributed by atoms with Crippen LogP contribution in [0.3, 0.4) is 0 Å². The van der Waals surface area contributed by atoms with Crippen LogP contribution in [-0.4, -0.2) is 6.04 Å². The zero-order valence-corrected chi connectivity index (χ0v) is 9.86. The molecule has 0 saturated carbocycles. The van der Waals surface area contributed by atoms with Crippen LogP contribution in [0.15, 0.2) is 35.7 Å². The summed E-state index contributed by atoms with van der Waals surface area (Å²) < 4.78 is 5.07. The second-order valence-corrected chi connectivity index (χ2v) is 4.24. The zero-order valence-electron chi connectivity index (χ0n) is 9.86. The summed E-state index contributed by atoms with van der Waals surface area (Å²) in [6.45, 7) is 10.4. The summed E-state index contributed by atoms with van der Waals surface area (Å²) in [6, 6.07) is 2.82. The van der Waals surface area contributed by atoms with Crippen molar-refractivity contribution >= 4 is 0 Å². The maximum atomic E-state index is 5.07. The molecule has 0 bridgehead atoms. The Labute approximate surface area is 92.4 Å². The molecule has 0 fully saturated rings. The summed E-state index contributed by atoms with van der Waals surface area (Å²) >= 11 is 0. The zero-order chi connectivity index (χ0) is 11.3. The van der Waals surface area contributed by atoms with Crippen molar-refractivity contribution < 1.29 is 4.42 Å². The lowest BCUT2D eigenvalue weighted by Crippen LogP contribution is -2.33. The molecule has 84 valence electrons. The van der Waals surface area contributed by atoms with Gasteiger partial charge in [-0.2, -0.15) is 0 Å². The number of hydrogen-bond acceptors (Lipinski definition) is 2. The van der Waals surface area contributed by atoms with Crippen LogP contribution in [0.25, 0.3) is 0 Å². The first-order chi connectivity index (χ1) is 7.15. The van der Waals surface area contributed by atoms with Crippen molar-refractivity contribution in [1.82, 2.24) is 5.32 Å². The monoisotopic (exact) mass is 207 g/mol. The van der Waals surface area contributed by atoms with Gasteiger partial charge >= 0.3 is 0 Å². The smallest absolute Gasteiger partial charge is 0.0950 e. The van der Waals surface area contributed by atoms with E-state index in [0.717, 1.165) is 6.42 Å². The SMILES string of the molecule is C=CCC(C)C(C)NC(C)c1ccoc1. The summed E-state index contributed by atoms with van der Waals surface area (Å²) in [5.41, 5.74) is 1.20. The first-order valence-corrected chi connectivity index (χ1v) is 5.54. The molecule has 0 saturated heterocycles. The predicted molar refractivity (Wildman–Crippen MR) is 63.7 cm³/mol. The molecule has 0 aliphatic carbocycles. The van der Waals surface area contributed by atoms with E-state index in [9.17, 15) is 0 Å². The van der Waals surface area contributed by atoms with E-state index in [4.69, 9.17) is 4.42 Å². The van der Waals surface area contributed by atoms with Crippen LogP contribution in [-0.2, 0) is 0 Å². The molecule has 0 amide bonds. The van der Waals surface area contributed by atoms with E-state index in [1.54, 1.807) is 12.5 Å². The Kier molecular flexibility index (Phi) is 4.63. The van der Waals surface area contributed by atoms with Crippen molar-refractivity contribution in [3.63, 3.8) is 0 Å². The van der Waals surface area contributed by atoms with Crippen LogP contribution in [0.5, 0.6) is 0 Å². The van der Waals surface area contributed by atoms with Gasteiger partial charge in [-0.1, -0.05) is 13.0 Å². The van der Waals surface area contributed by atoms with Crippen LogP contribution in [0.1, 0.15) is 38.8 Å². The van der Waals surface area contributed by atoms with E-state index in [0.29, 0.717) is 18.0 Å². The third kappa shape index (κ3) is 3.56. The van der Waals surface area contributed by atoms with Gasteiger partial charge in [0.15, 0.2) is 0 Å². The van der Waals surface area contributed by atoms with Gasteiger partial charge in [0.2, 0.25) is 0 Å². The van der Waals surface area contributed by atoms with Crippen molar-refractivity contribution in [2.45, 2.75) is 39.3 Å². The minimum atomic E-state index is 0.339. The average Bonchev–Trinajstić information content (AvgIpc) is 2.70. The minimum Gasteiger partial charge on any atom is -0.472 e. The highest BCUT2D eigenvalue weighted by atomic mass is 16.3. The van der Waals surface area contributed by atoms with Crippen LogP contribution in [0.4, 0.5) is 0 Å². The van der Waals surface area contributed by atoms with Crippen molar-refractivity contribution in [2.24, 2.45) is 5.92 Å². The summed E-state index contributed by atoms with van der Waals surface area (Å²) in [6.07, 6.45) is 6.53. The molecule has 0 aliphatic heterocycles. The van der Waals surface area contributed by atoms with Gasteiger partial charge in [-0.25, -0.2) is 0 Å². The van der Waals surface area contributed by atoms with Gasteiger partial charge in [-0.15, -0.1) is 6.58 Å². The molecule has 2 nitrogen and oxygen atoms in total. The van der Waals surface area contributed by atoms with Crippen molar-refractivity contribution in [3.8, 4) is 0 Å². The molecule has 1 rings (SSSR count). The Morgan fingerprint density at radius 1 is 1.47 bits per heavy atom. The van der Waals surface area contributed by atoms with Crippen LogP contribution < -0.4 is 5.32 Å². The normalized spacial score (nSPS) is 17.0. The third-order valence-electron chi connectivity index (χ3n) is 2.95. The van der Waals surface area contributed by atoms with Crippen LogP contribution in [0.2, 0.25) is 0 Å². The molecule has 0 aromatic carbocycles. The Balaban J connectivity index is 2.44. The van der Waals surface area contributed by atoms with E-state index in [-0.39, 0.29) is 0 Å². The summed E-state index contributed by atoms with van der Waals surface area (Å²) in [5.74, 6) is 0.608. The lowest BCUT2D eigenvalue weighted by Gasteiger charge is -2.24. The number of hydrogen-bond donors (Lipinski definition) is 1. The lowest BCUT2D eigenvalue weighted by atomic mass is 9.98. The molecule has 1 heterocycles. The molecule has 3 atom stereocenters. The molecule has 15 heavy (non-hydrogen) atoms. The highest BCUT2D eigenvalue weighted by Gasteiger charge is 2.14. The summed E-state index contributed by atoms with van der Waals surface area (Å²) in [4.78, 5) is 0. The fourth-order valence-corrected chi connectivity index (χ4v) is 1.64. The van der Waals surface area contributed by atoms with E-state index in [2.05, 4.69) is 32.7 Å². The van der Waals surface area contributed by atoms with E-state index >= 15 is 0 Å². The Hall–Kier alpha value is -1.02. The van der Waals surface area contributed by atoms with Gasteiger partial charge in [0.05, 0.1) is 12.5 Å². The molecular formula is C13H21NO. The fraction of sp³-hybridized carbons (Fsp3) is 0.538. The Bertz CT molecular complexity index is 279. The number of nitrogens with one attached hydrogen (secondary N) is 1. The molecule has 1 aromatic rings. The number of furan rings is 1. The predicted octanol–water partition coefficient (Wildman–Crippen LogP) is 3.53. The standard InChI is InChI=1S/C13H21NO/c1-5-6-10(2)11(3)14-12(4)13-7-8-15-9-13/h5,7-12,14H,1,6H2,2-4H3. The minimum absolute atomic E-state index is 0.339. The van der Waals surface area contributed by atoms with E-state index in [1.165, 1.54) is 5.56 Å². The summed E-state index contributed by atoms with van der Waals surface area (Å²) in [7, 11) is 0. The maximum absolute atomic E-state index is 5.07. The molecule has 1 aromatic heterocycles. The molecular weight excluding hydrogens is 186 g/mol. The summed E-state index contributed by atoms with van der Waals surface area (Å²) in [5, 5.41) is 3.56. The third-order valence-corrected chi connectivity index (χ3v) is 2.95. The Morgan fingerprint density at radius 3 is 2.73 bits per heavy atom. The molecule has 0 radical (unpaired) electrons. The first-order valence-electron chi connectivity index (χ1n) is 5.54. The fourth-order valence-electron chi connectivity index (χ4n) is 1.64. The highest BCUT2D eigenvalue weighted by molar-refractivity contribution is 5.10. The Morgan fingerprint density at radius 2 is 2.20 bits per heavy atom. The van der Waals surface area contributed by atoms with Gasteiger partial charge < -0.3 is 9.73 Å². The first kappa shape index (κ1) is 12.1. The van der Waals surface area contributed by atoms with E-state index < -0.39 is 0 Å². The van der Waals surface area contributed by atoms with Gasteiger partial charge in [0, 0.05) is 17.6 Å². The average molecular weight is 207 g/mol. The quantitative estimate of drug-likeness (QED) is 0.722. The van der Waals surface area contributed by atoms with Crippen molar-refractivity contribution in [1.29, 1.82) is 0 Å². The second kappa shape index (κ2) is 5.76. The van der Waals surface area contributed by atoms with Crippen molar-refractivity contribution in [3.05, 3.63) is 36.8 Å². The van der Waals surface area contributed by atoms with E-state index in [1.807, 2.05) is 12.1 Å². The molecule has 3 unspecified atom stereocenters.